The molecule has 5 rings (SSSR count). The number of hydrogen-bond donors (Lipinski definition) is 0. The lowest BCUT2D eigenvalue weighted by Gasteiger charge is -2.56. The summed E-state index contributed by atoms with van der Waals surface area (Å²) in [4.78, 5) is 38.2. The van der Waals surface area contributed by atoms with E-state index in [-0.39, 0.29) is 59.1 Å². The summed E-state index contributed by atoms with van der Waals surface area (Å²) < 4.78 is 12.1. The predicted molar refractivity (Wildman–Crippen MR) is 144 cm³/mol. The van der Waals surface area contributed by atoms with E-state index in [2.05, 4.69) is 0 Å². The number of hydrogen-bond acceptors (Lipinski definition) is 5. The van der Waals surface area contributed by atoms with Crippen molar-refractivity contribution in [1.29, 1.82) is 0 Å². The Labute approximate surface area is 216 Å². The molecule has 0 N–H and O–H groups in total. The molecule has 0 aromatic carbocycles. The second kappa shape index (κ2) is 12.2. The highest BCUT2D eigenvalue weighted by molar-refractivity contribution is 5.82. The molecule has 5 aliphatic carbocycles. The van der Waals surface area contributed by atoms with Crippen molar-refractivity contribution in [1.82, 2.24) is 0 Å². The van der Waals surface area contributed by atoms with E-state index >= 15 is 0 Å². The van der Waals surface area contributed by atoms with Gasteiger partial charge in [0.25, 0.3) is 0 Å². The molecule has 0 heterocycles. The van der Waals surface area contributed by atoms with Crippen LogP contribution in [0.25, 0.3) is 0 Å². The second-order valence-corrected chi connectivity index (χ2v) is 12.1. The van der Waals surface area contributed by atoms with Crippen molar-refractivity contribution in [2.75, 3.05) is 0 Å². The first kappa shape index (κ1) is 33.6. The normalized spacial score (nSPS) is 32.5. The van der Waals surface area contributed by atoms with Crippen LogP contribution in [-0.4, -0.2) is 29.4 Å². The SMILES string of the molecule is C.C.C.C.CCC(C)(CC(C)(C)C(=O)OC1CCCC(=O)C1)C(=O)OC12CC3CC(CC(C3)C1)C2. The highest BCUT2D eigenvalue weighted by Crippen LogP contribution is 2.57. The molecule has 35 heavy (non-hydrogen) atoms. The van der Waals surface area contributed by atoms with E-state index in [0.29, 0.717) is 25.7 Å². The van der Waals surface area contributed by atoms with Gasteiger partial charge in [-0.2, -0.15) is 0 Å². The van der Waals surface area contributed by atoms with Crippen LogP contribution < -0.4 is 0 Å². The van der Waals surface area contributed by atoms with Crippen LogP contribution in [0.2, 0.25) is 0 Å². The van der Waals surface area contributed by atoms with Crippen molar-refractivity contribution in [3.05, 3.63) is 0 Å². The van der Waals surface area contributed by atoms with Gasteiger partial charge in [0.05, 0.1) is 10.8 Å². The zero-order valence-corrected chi connectivity index (χ0v) is 19.8. The number of carbonyl (C=O) groups excluding carboxylic acids is 3. The standard InChI is InChI=1S/C26H40O5.4CH4/c1-5-25(4,16-24(2,3)22(28)30-21-8-6-7-20(27)12-21)23(29)31-26-13-17-9-18(14-26)11-19(10-17)15-26;;;;/h17-19,21H,5-16H2,1-4H3;4*1H4. The van der Waals surface area contributed by atoms with E-state index in [1.54, 1.807) is 0 Å². The fourth-order valence-corrected chi connectivity index (χ4v) is 7.26. The minimum Gasteiger partial charge on any atom is -0.461 e. The zero-order valence-electron chi connectivity index (χ0n) is 19.8. The summed E-state index contributed by atoms with van der Waals surface area (Å²) in [5.74, 6) is 1.87. The maximum absolute atomic E-state index is 13.5. The van der Waals surface area contributed by atoms with Crippen molar-refractivity contribution >= 4 is 17.7 Å². The first-order valence-electron chi connectivity index (χ1n) is 12.5. The Hall–Kier alpha value is -1.39. The van der Waals surface area contributed by atoms with Gasteiger partial charge in [0.1, 0.15) is 17.5 Å². The average molecular weight is 497 g/mol. The number of Topliss-reactive ketones (excluding diaryl/α,β-unsaturated/α-hetero) is 1. The molecule has 4 bridgehead atoms. The lowest BCUT2D eigenvalue weighted by atomic mass is 9.54. The Morgan fingerprint density at radius 1 is 0.914 bits per heavy atom. The molecule has 5 aliphatic rings. The molecule has 2 unspecified atom stereocenters. The molecule has 0 aliphatic heterocycles. The molecule has 0 aromatic rings. The second-order valence-electron chi connectivity index (χ2n) is 12.1. The van der Waals surface area contributed by atoms with E-state index in [1.165, 1.54) is 19.3 Å². The van der Waals surface area contributed by atoms with Crippen molar-refractivity contribution in [3.63, 3.8) is 0 Å². The quantitative estimate of drug-likeness (QED) is 0.335. The van der Waals surface area contributed by atoms with Gasteiger partial charge in [-0.1, -0.05) is 36.6 Å². The minimum atomic E-state index is -0.814. The van der Waals surface area contributed by atoms with Crippen LogP contribution in [0.3, 0.4) is 0 Å². The third kappa shape index (κ3) is 7.10. The molecule has 0 radical (unpaired) electrons. The minimum absolute atomic E-state index is 0. The van der Waals surface area contributed by atoms with Crippen LogP contribution in [0.5, 0.6) is 0 Å². The lowest BCUT2D eigenvalue weighted by Crippen LogP contribution is -2.54. The third-order valence-corrected chi connectivity index (χ3v) is 8.66. The predicted octanol–water partition coefficient (Wildman–Crippen LogP) is 7.93. The number of ether oxygens (including phenoxy) is 2. The Kier molecular flexibility index (Phi) is 11.7. The molecule has 5 heteroatoms. The molecule has 0 amide bonds. The summed E-state index contributed by atoms with van der Waals surface area (Å²) >= 11 is 0. The van der Waals surface area contributed by atoms with Crippen LogP contribution in [0, 0.1) is 28.6 Å². The lowest BCUT2D eigenvalue weighted by molar-refractivity contribution is -0.199. The molecule has 5 nitrogen and oxygen atoms in total. The van der Waals surface area contributed by atoms with Crippen molar-refractivity contribution in [2.45, 2.75) is 146 Å². The fourth-order valence-electron chi connectivity index (χ4n) is 7.26. The first-order chi connectivity index (χ1) is 14.5. The summed E-state index contributed by atoms with van der Waals surface area (Å²) in [5.41, 5.74) is -1.81. The van der Waals surface area contributed by atoms with E-state index in [9.17, 15) is 14.4 Å². The molecular formula is C30H56O5. The van der Waals surface area contributed by atoms with Gasteiger partial charge in [0.15, 0.2) is 0 Å². The Morgan fingerprint density at radius 2 is 1.43 bits per heavy atom. The number of rotatable bonds is 7. The molecule has 2 atom stereocenters. The molecular weight excluding hydrogens is 440 g/mol. The van der Waals surface area contributed by atoms with Crippen LogP contribution >= 0.6 is 0 Å². The van der Waals surface area contributed by atoms with E-state index in [0.717, 1.165) is 49.9 Å². The summed E-state index contributed by atoms with van der Waals surface area (Å²) in [6.45, 7) is 7.65. The van der Waals surface area contributed by atoms with Crippen LogP contribution in [-0.2, 0) is 23.9 Å². The van der Waals surface area contributed by atoms with Gasteiger partial charge >= 0.3 is 11.9 Å². The summed E-state index contributed by atoms with van der Waals surface area (Å²) in [5, 5.41) is 0. The van der Waals surface area contributed by atoms with Gasteiger partial charge in [0.2, 0.25) is 0 Å². The van der Waals surface area contributed by atoms with Gasteiger partial charge < -0.3 is 9.47 Å². The van der Waals surface area contributed by atoms with Crippen molar-refractivity contribution in [3.8, 4) is 0 Å². The van der Waals surface area contributed by atoms with E-state index < -0.39 is 10.8 Å². The Morgan fingerprint density at radius 3 is 1.89 bits per heavy atom. The van der Waals surface area contributed by atoms with Gasteiger partial charge in [-0.25, -0.2) is 0 Å². The molecule has 0 spiro atoms. The Balaban J connectivity index is 0.00000289. The molecule has 5 saturated carbocycles. The highest BCUT2D eigenvalue weighted by atomic mass is 16.6. The third-order valence-electron chi connectivity index (χ3n) is 8.66. The van der Waals surface area contributed by atoms with Crippen molar-refractivity contribution in [2.24, 2.45) is 28.6 Å². The smallest absolute Gasteiger partial charge is 0.312 e. The number of carbonyl (C=O) groups is 3. The van der Waals surface area contributed by atoms with Crippen LogP contribution in [0.4, 0.5) is 0 Å². The maximum atomic E-state index is 13.5. The van der Waals surface area contributed by atoms with Gasteiger partial charge in [0, 0.05) is 12.8 Å². The largest absolute Gasteiger partial charge is 0.461 e. The first-order valence-corrected chi connectivity index (χ1v) is 12.5. The topological polar surface area (TPSA) is 69.7 Å². The van der Waals surface area contributed by atoms with Crippen molar-refractivity contribution < 1.29 is 23.9 Å². The summed E-state index contributed by atoms with van der Waals surface area (Å²) in [6, 6.07) is 0. The highest BCUT2D eigenvalue weighted by Gasteiger charge is 2.55. The van der Waals surface area contributed by atoms with E-state index in [4.69, 9.17) is 9.47 Å². The molecule has 206 valence electrons. The van der Waals surface area contributed by atoms with Gasteiger partial charge in [-0.15, -0.1) is 0 Å². The summed E-state index contributed by atoms with van der Waals surface area (Å²) in [7, 11) is 0. The van der Waals surface area contributed by atoms with E-state index in [1.807, 2.05) is 27.7 Å². The summed E-state index contributed by atoms with van der Waals surface area (Å²) in [6.07, 6.45) is 10.1. The number of esters is 2. The fraction of sp³-hybridized carbons (Fsp3) is 0.900. The van der Waals surface area contributed by atoms with Gasteiger partial charge in [-0.3, -0.25) is 14.4 Å². The zero-order chi connectivity index (χ0) is 22.4. The Bertz CT molecular complexity index is 704. The molecule has 5 fully saturated rings. The van der Waals surface area contributed by atoms with Crippen LogP contribution in [0.1, 0.15) is 134 Å². The average Bonchev–Trinajstić information content (AvgIpc) is 2.66. The van der Waals surface area contributed by atoms with Gasteiger partial charge in [-0.05, 0) is 103 Å². The monoisotopic (exact) mass is 496 g/mol. The molecule has 0 saturated heterocycles. The number of ketones is 1. The van der Waals surface area contributed by atoms with Crippen LogP contribution in [0.15, 0.2) is 0 Å². The maximum Gasteiger partial charge on any atom is 0.312 e. The molecule has 0 aromatic heterocycles.